The summed E-state index contributed by atoms with van der Waals surface area (Å²) in [6.07, 6.45) is 8.22. The van der Waals surface area contributed by atoms with Gasteiger partial charge in [-0.1, -0.05) is 18.2 Å². The molecule has 4 nitrogen and oxygen atoms in total. The van der Waals surface area contributed by atoms with Gasteiger partial charge in [-0.25, -0.2) is 4.57 Å². The van der Waals surface area contributed by atoms with E-state index in [2.05, 4.69) is 34.2 Å². The molecule has 0 saturated heterocycles. The van der Waals surface area contributed by atoms with E-state index in [1.165, 1.54) is 0 Å². The first kappa shape index (κ1) is 18.3. The van der Waals surface area contributed by atoms with Gasteiger partial charge in [0.15, 0.2) is 12.4 Å². The number of rotatable bonds is 7. The Morgan fingerprint density at radius 1 is 1.09 bits per heavy atom. The van der Waals surface area contributed by atoms with Crippen LogP contribution in [0.25, 0.3) is 0 Å². The van der Waals surface area contributed by atoms with Crippen molar-refractivity contribution in [1.29, 1.82) is 0 Å². The van der Waals surface area contributed by atoms with Gasteiger partial charge in [0.2, 0.25) is 0 Å². The lowest BCUT2D eigenvalue weighted by Crippen LogP contribution is -3.00. The summed E-state index contributed by atoms with van der Waals surface area (Å²) in [5.74, 6) is 0. The molecule has 2 aromatic rings. The van der Waals surface area contributed by atoms with E-state index in [1.54, 1.807) is 0 Å². The molecule has 0 saturated carbocycles. The van der Waals surface area contributed by atoms with E-state index in [-0.39, 0.29) is 17.0 Å². The van der Waals surface area contributed by atoms with Crippen molar-refractivity contribution < 1.29 is 21.5 Å². The van der Waals surface area contributed by atoms with Crippen molar-refractivity contribution >= 4 is 11.9 Å². The number of hydrogen-bond acceptors (Lipinski definition) is 3. The Balaban J connectivity index is 0.00000242. The normalized spacial score (nSPS) is 10.5. The maximum Gasteiger partial charge on any atom is 0.169 e. The molecule has 118 valence electrons. The number of benzene rings is 1. The number of aromatic nitrogens is 1. The Morgan fingerprint density at radius 3 is 2.41 bits per heavy atom. The molecule has 0 aliphatic rings. The lowest BCUT2D eigenvalue weighted by atomic mass is 10.2. The van der Waals surface area contributed by atoms with E-state index in [0.717, 1.165) is 37.2 Å². The van der Waals surface area contributed by atoms with Crippen LogP contribution in [0.15, 0.2) is 60.0 Å². The Morgan fingerprint density at radius 2 is 1.77 bits per heavy atom. The summed E-state index contributed by atoms with van der Waals surface area (Å²) in [5, 5.41) is 6.32. The average Bonchev–Trinajstić information content (AvgIpc) is 2.55. The number of hydrogen-bond donors (Lipinski definition) is 1. The van der Waals surface area contributed by atoms with E-state index in [1.807, 2.05) is 48.6 Å². The van der Waals surface area contributed by atoms with Gasteiger partial charge in [-0.3, -0.25) is 5.01 Å². The van der Waals surface area contributed by atoms with Crippen molar-refractivity contribution in [2.45, 2.75) is 19.4 Å². The van der Waals surface area contributed by atoms with Crippen LogP contribution in [0.2, 0.25) is 0 Å². The maximum absolute atomic E-state index is 5.50. The number of nitrogens with zero attached hydrogens (tertiary/aromatic N) is 3. The van der Waals surface area contributed by atoms with Gasteiger partial charge >= 0.3 is 0 Å². The van der Waals surface area contributed by atoms with E-state index in [9.17, 15) is 0 Å². The molecule has 0 aliphatic carbocycles. The van der Waals surface area contributed by atoms with Crippen molar-refractivity contribution in [2.75, 3.05) is 18.6 Å². The third kappa shape index (κ3) is 5.95. The van der Waals surface area contributed by atoms with Crippen LogP contribution in [-0.4, -0.2) is 19.8 Å². The number of anilines is 1. The number of halogens is 1. The summed E-state index contributed by atoms with van der Waals surface area (Å²) >= 11 is 0. The van der Waals surface area contributed by atoms with Crippen molar-refractivity contribution in [3.05, 3.63) is 60.4 Å². The fraction of sp³-hybridized carbons (Fsp3) is 0.294. The summed E-state index contributed by atoms with van der Waals surface area (Å²) in [6.45, 7) is 1.77. The highest BCUT2D eigenvalue weighted by atomic mass is 79.9. The molecule has 2 N–H and O–H groups in total. The van der Waals surface area contributed by atoms with Crippen LogP contribution >= 0.6 is 0 Å². The smallest absolute Gasteiger partial charge is 0.169 e. The van der Waals surface area contributed by atoms with Gasteiger partial charge in [-0.2, -0.15) is 5.10 Å². The number of nitrogens with two attached hydrogens (primary N) is 1. The lowest BCUT2D eigenvalue weighted by molar-refractivity contribution is -0.697. The molecule has 0 fully saturated rings. The molecule has 0 unspecified atom stereocenters. The molecule has 0 bridgehead atoms. The predicted octanol–water partition coefficient (Wildman–Crippen LogP) is -0.813. The maximum atomic E-state index is 5.50. The molecular formula is C17H23BrN4. The predicted molar refractivity (Wildman–Crippen MR) is 87.4 cm³/mol. The molecule has 1 heterocycles. The molecule has 0 spiro atoms. The largest absolute Gasteiger partial charge is 1.00 e. The highest BCUT2D eigenvalue weighted by Crippen LogP contribution is 2.10. The zero-order valence-corrected chi connectivity index (χ0v) is 14.5. The van der Waals surface area contributed by atoms with Gasteiger partial charge in [-0.15, -0.1) is 0 Å². The van der Waals surface area contributed by atoms with Gasteiger partial charge in [0.1, 0.15) is 6.54 Å². The molecule has 1 aromatic carbocycles. The van der Waals surface area contributed by atoms with Crippen LogP contribution in [0, 0.1) is 0 Å². The van der Waals surface area contributed by atoms with E-state index in [0.29, 0.717) is 0 Å². The first-order chi connectivity index (χ1) is 10.3. The second kappa shape index (κ2) is 10.1. The summed E-state index contributed by atoms with van der Waals surface area (Å²) in [6, 6.07) is 14.2. The third-order valence-corrected chi connectivity index (χ3v) is 3.30. The van der Waals surface area contributed by atoms with Crippen molar-refractivity contribution in [3.63, 3.8) is 0 Å². The Labute approximate surface area is 143 Å². The van der Waals surface area contributed by atoms with Crippen LogP contribution in [-0.2, 0) is 6.54 Å². The standard InChI is InChI=1S/C17H23N4.BrH/c1-20(17-7-3-2-4-8-17)19-15-16-9-13-21(14-10-16)12-6-5-11-18;/h2-4,7-10,13-15H,5-6,11-12,18H2,1H3;1H/q+1;/p-1. The quantitative estimate of drug-likeness (QED) is 0.303. The summed E-state index contributed by atoms with van der Waals surface area (Å²) in [7, 11) is 1.95. The van der Waals surface area contributed by atoms with Crippen molar-refractivity contribution in [1.82, 2.24) is 0 Å². The van der Waals surface area contributed by atoms with Crippen LogP contribution in [0.1, 0.15) is 18.4 Å². The van der Waals surface area contributed by atoms with Crippen molar-refractivity contribution in [2.24, 2.45) is 10.8 Å². The number of pyridine rings is 1. The van der Waals surface area contributed by atoms with Crippen LogP contribution in [0.5, 0.6) is 0 Å². The van der Waals surface area contributed by atoms with E-state index in [4.69, 9.17) is 5.73 Å². The first-order valence-corrected chi connectivity index (χ1v) is 7.31. The highest BCUT2D eigenvalue weighted by Gasteiger charge is 2.00. The summed E-state index contributed by atoms with van der Waals surface area (Å²) in [5.41, 5.74) is 7.66. The number of unbranched alkanes of at least 4 members (excludes halogenated alkanes) is 1. The fourth-order valence-electron chi connectivity index (χ4n) is 2.01. The average molecular weight is 363 g/mol. The minimum absolute atomic E-state index is 0. The number of aryl methyl sites for hydroxylation is 1. The summed E-state index contributed by atoms with van der Waals surface area (Å²) < 4.78 is 2.17. The zero-order chi connectivity index (χ0) is 14.9. The van der Waals surface area contributed by atoms with Crippen molar-refractivity contribution in [3.8, 4) is 0 Å². The van der Waals surface area contributed by atoms with Gasteiger partial charge in [0.05, 0.1) is 11.9 Å². The second-order valence-electron chi connectivity index (χ2n) is 4.97. The molecule has 1 aromatic heterocycles. The van der Waals surface area contributed by atoms with E-state index >= 15 is 0 Å². The van der Waals surface area contributed by atoms with Gasteiger partial charge < -0.3 is 22.7 Å². The number of para-hydroxylation sites is 1. The van der Waals surface area contributed by atoms with Crippen LogP contribution in [0.4, 0.5) is 5.69 Å². The second-order valence-corrected chi connectivity index (χ2v) is 4.97. The SMILES string of the molecule is CN(/N=C/c1cc[n+](CCCCN)cc1)c1ccccc1.[Br-]. The molecule has 0 amide bonds. The Kier molecular flexibility index (Phi) is 8.40. The number of hydrazone groups is 1. The fourth-order valence-corrected chi connectivity index (χ4v) is 2.01. The third-order valence-electron chi connectivity index (χ3n) is 3.30. The van der Waals surface area contributed by atoms with Gasteiger partial charge in [-0.05, 0) is 25.1 Å². The molecule has 0 atom stereocenters. The molecule has 2 rings (SSSR count). The highest BCUT2D eigenvalue weighted by molar-refractivity contribution is 5.79. The van der Waals surface area contributed by atoms with Gasteiger partial charge in [0, 0.05) is 31.2 Å². The van der Waals surface area contributed by atoms with Gasteiger partial charge in [0.25, 0.3) is 0 Å². The first-order valence-electron chi connectivity index (χ1n) is 7.31. The molecule has 0 radical (unpaired) electrons. The monoisotopic (exact) mass is 362 g/mol. The van der Waals surface area contributed by atoms with E-state index < -0.39 is 0 Å². The molecular weight excluding hydrogens is 340 g/mol. The topological polar surface area (TPSA) is 45.5 Å². The minimum Gasteiger partial charge on any atom is -1.00 e. The minimum atomic E-state index is 0. The molecule has 22 heavy (non-hydrogen) atoms. The van der Waals surface area contributed by atoms with Crippen LogP contribution < -0.4 is 32.3 Å². The summed E-state index contributed by atoms with van der Waals surface area (Å²) in [4.78, 5) is 0. The molecule has 0 aliphatic heterocycles. The Hall–Kier alpha value is -1.72. The van der Waals surface area contributed by atoms with Crippen LogP contribution in [0.3, 0.4) is 0 Å². The molecule has 5 heteroatoms. The zero-order valence-electron chi connectivity index (χ0n) is 12.9. The Bertz CT molecular complexity index is 555. The lowest BCUT2D eigenvalue weighted by Gasteiger charge is -2.11.